The number of aliphatic hydroxyl groups excluding tert-OH is 1. The van der Waals surface area contributed by atoms with E-state index >= 15 is 0 Å². The second kappa shape index (κ2) is 35.3. The third-order valence-electron chi connectivity index (χ3n) is 12.5. The largest absolute Gasteiger partial charge is 0.508 e. The van der Waals surface area contributed by atoms with E-state index in [1.807, 2.05) is 13.8 Å². The Morgan fingerprint density at radius 2 is 1.05 bits per heavy atom. The third kappa shape index (κ3) is 25.0. The van der Waals surface area contributed by atoms with Gasteiger partial charge in [0.15, 0.2) is 0 Å². The summed E-state index contributed by atoms with van der Waals surface area (Å²) in [5.41, 5.74) is 24.1. The van der Waals surface area contributed by atoms with Gasteiger partial charge in [-0.05, 0) is 107 Å². The summed E-state index contributed by atoms with van der Waals surface area (Å²) in [6.45, 7) is 8.75. The van der Waals surface area contributed by atoms with Crippen LogP contribution in [0.2, 0.25) is 0 Å². The lowest BCUT2D eigenvalue weighted by Crippen LogP contribution is -2.61. The zero-order valence-electron chi connectivity index (χ0n) is 44.7. The van der Waals surface area contributed by atoms with Gasteiger partial charge in [-0.15, -0.1) is 0 Å². The Bertz CT molecular complexity index is 1980. The van der Waals surface area contributed by atoms with Gasteiger partial charge in [-0.1, -0.05) is 78.9 Å². The molecule has 1 aliphatic rings. The van der Waals surface area contributed by atoms with Gasteiger partial charge in [0.05, 0.1) is 12.5 Å². The molecule has 75 heavy (non-hydrogen) atoms. The maximum absolute atomic E-state index is 14.4. The number of aromatic hydroxyl groups is 1. The van der Waals surface area contributed by atoms with Crippen LogP contribution < -0.4 is 70.8 Å². The van der Waals surface area contributed by atoms with Crippen LogP contribution >= 0.6 is 0 Å². The second-order valence-electron chi connectivity index (χ2n) is 20.1. The fraction of sp³-hybridized carbons (Fsp3) is 0.706. The molecule has 2 rings (SSSR count). The van der Waals surface area contributed by atoms with Gasteiger partial charge in [-0.3, -0.25) is 43.2 Å². The highest BCUT2D eigenvalue weighted by Gasteiger charge is 2.35. The van der Waals surface area contributed by atoms with Crippen molar-refractivity contribution in [1.29, 1.82) is 0 Å². The summed E-state index contributed by atoms with van der Waals surface area (Å²) in [6.07, 6.45) is 3.26. The first-order valence-electron chi connectivity index (χ1n) is 26.6. The molecule has 0 spiro atoms. The molecular weight excluding hydrogens is 971 g/mol. The smallest absolute Gasteiger partial charge is 0.243 e. The Morgan fingerprint density at radius 1 is 0.600 bits per heavy atom. The topological polar surface area (TPSA) is 406 Å². The molecule has 0 unspecified atom stereocenters. The van der Waals surface area contributed by atoms with E-state index in [9.17, 15) is 53.4 Å². The lowest BCUT2D eigenvalue weighted by Gasteiger charge is -2.28. The molecule has 0 aliphatic carbocycles. The Kier molecular flexibility index (Phi) is 30.7. The third-order valence-corrected chi connectivity index (χ3v) is 12.5. The number of hydrogen-bond donors (Lipinski definition) is 15. The predicted octanol–water partition coefficient (Wildman–Crippen LogP) is -2.07. The number of nitrogens with one attached hydrogen (secondary N) is 9. The van der Waals surface area contributed by atoms with Gasteiger partial charge in [0.2, 0.25) is 53.2 Å². The fourth-order valence-electron chi connectivity index (χ4n) is 8.42. The number of amides is 9. The van der Waals surface area contributed by atoms with Crippen molar-refractivity contribution in [3.05, 3.63) is 29.8 Å². The van der Waals surface area contributed by atoms with E-state index in [4.69, 9.17) is 22.9 Å². The number of phenols is 1. The van der Waals surface area contributed by atoms with Crippen LogP contribution in [0.5, 0.6) is 5.75 Å². The average Bonchev–Trinajstić information content (AvgIpc) is 3.34. The predicted molar refractivity (Wildman–Crippen MR) is 282 cm³/mol. The molecule has 24 heteroatoms. The fourth-order valence-corrected chi connectivity index (χ4v) is 8.42. The normalized spacial score (nSPS) is 22.9. The number of aliphatic hydroxyl groups is 1. The number of unbranched alkanes of at least 4 members (excludes halogenated alkanes) is 4. The Hall–Kier alpha value is -5.95. The molecule has 0 saturated carbocycles. The summed E-state index contributed by atoms with van der Waals surface area (Å²) in [5, 5.41) is 44.5. The summed E-state index contributed by atoms with van der Waals surface area (Å²) >= 11 is 0. The van der Waals surface area contributed by atoms with Gasteiger partial charge in [0.25, 0.3) is 0 Å². The number of phenolic OH excluding ortho intramolecular Hbond substituents is 1. The molecule has 24 nitrogen and oxygen atoms in total. The van der Waals surface area contributed by atoms with Crippen molar-refractivity contribution in [1.82, 2.24) is 47.9 Å². The number of benzene rings is 1. The van der Waals surface area contributed by atoms with Crippen LogP contribution in [0.1, 0.15) is 130 Å². The van der Waals surface area contributed by atoms with Gasteiger partial charge in [0.1, 0.15) is 54.1 Å². The zero-order valence-corrected chi connectivity index (χ0v) is 44.7. The van der Waals surface area contributed by atoms with E-state index in [-0.39, 0.29) is 108 Å². The van der Waals surface area contributed by atoms with E-state index in [2.05, 4.69) is 54.8 Å². The van der Waals surface area contributed by atoms with Crippen LogP contribution in [0.3, 0.4) is 0 Å². The molecule has 424 valence electrons. The van der Waals surface area contributed by atoms with Crippen LogP contribution in [-0.4, -0.2) is 151 Å². The first kappa shape index (κ1) is 65.2. The Labute approximate surface area is 441 Å². The quantitative estimate of drug-likeness (QED) is 0.0468. The number of carbonyl (C=O) groups excluding carboxylic acids is 9. The summed E-state index contributed by atoms with van der Waals surface area (Å²) in [4.78, 5) is 126. The summed E-state index contributed by atoms with van der Waals surface area (Å²) in [7, 11) is 0. The SMILES string of the molecule is CCCCCCC[C@@H](O)CC(=O)N[C@H](CCN)C(=O)N[C@H]1CCNC(=O)[C@H](CC(C)C)NC(=O)[C@H](CCN)NC(=O)[C@H](CCN)NC(=O)[C@H](CC(C)C)NC(=O)[C@@H](Cc2ccc(O)cc2)NC(=O)[C@H](CCN)NC1=O. The summed E-state index contributed by atoms with van der Waals surface area (Å²) in [6, 6.07) is -4.76. The van der Waals surface area contributed by atoms with Crippen molar-refractivity contribution in [2.75, 3.05) is 32.7 Å². The van der Waals surface area contributed by atoms with Gasteiger partial charge < -0.3 is 81.0 Å². The standard InChI is InChI=1S/C51H89N13O11/c1-6-7-8-9-10-11-34(66)29-43(67)57-35(16-21-52)45(69)61-39-20-25-56-44(68)40(26-30(2)3)62-47(71)37(18-23-54)58-46(70)36(17-22-53)60-50(74)41(27-31(4)5)63-51(75)42(28-32-12-14-33(65)15-13-32)64-48(72)38(19-24-55)59-49(39)73/h12-15,30-31,34-42,65-66H,6-11,16-29,52-55H2,1-5H3,(H,56,68)(H,57,67)(H,58,70)(H,59,73)(H,60,74)(H,61,69)(H,62,71)(H,63,75)(H,64,72)/t34-,35-,36+,37+,38+,39+,40+,41+,42-/m1/s1. The van der Waals surface area contributed by atoms with E-state index in [1.54, 1.807) is 13.8 Å². The van der Waals surface area contributed by atoms with Crippen molar-refractivity contribution in [3.8, 4) is 5.75 Å². The van der Waals surface area contributed by atoms with Crippen molar-refractivity contribution in [3.63, 3.8) is 0 Å². The molecule has 1 aromatic rings. The molecule has 1 aliphatic heterocycles. The molecule has 1 fully saturated rings. The molecular formula is C51H89N13O11. The molecule has 1 saturated heterocycles. The van der Waals surface area contributed by atoms with Crippen LogP contribution in [0, 0.1) is 11.8 Å². The van der Waals surface area contributed by atoms with Crippen LogP contribution in [0.4, 0.5) is 0 Å². The molecule has 19 N–H and O–H groups in total. The molecule has 0 bridgehead atoms. The first-order chi connectivity index (χ1) is 35.7. The molecule has 9 atom stereocenters. The monoisotopic (exact) mass is 1060 g/mol. The lowest BCUT2D eigenvalue weighted by atomic mass is 10.00. The van der Waals surface area contributed by atoms with Crippen LogP contribution in [-0.2, 0) is 49.6 Å². The van der Waals surface area contributed by atoms with Crippen LogP contribution in [0.15, 0.2) is 24.3 Å². The summed E-state index contributed by atoms with van der Waals surface area (Å²) < 4.78 is 0. The van der Waals surface area contributed by atoms with Gasteiger partial charge in [0, 0.05) is 13.0 Å². The number of hydrogen-bond acceptors (Lipinski definition) is 15. The van der Waals surface area contributed by atoms with Crippen molar-refractivity contribution in [2.45, 2.75) is 185 Å². The Morgan fingerprint density at radius 3 is 1.55 bits per heavy atom. The highest BCUT2D eigenvalue weighted by molar-refractivity contribution is 5.98. The molecule has 1 aromatic carbocycles. The highest BCUT2D eigenvalue weighted by Crippen LogP contribution is 2.15. The maximum Gasteiger partial charge on any atom is 0.243 e. The van der Waals surface area contributed by atoms with Gasteiger partial charge in [-0.25, -0.2) is 0 Å². The van der Waals surface area contributed by atoms with E-state index in [0.717, 1.165) is 32.1 Å². The van der Waals surface area contributed by atoms with Gasteiger partial charge >= 0.3 is 0 Å². The highest BCUT2D eigenvalue weighted by atomic mass is 16.3. The number of nitrogens with two attached hydrogens (primary N) is 4. The molecule has 9 amide bonds. The maximum atomic E-state index is 14.4. The molecule has 1 heterocycles. The minimum absolute atomic E-state index is 0.0567. The lowest BCUT2D eigenvalue weighted by molar-refractivity contribution is -0.136. The molecule has 0 aromatic heterocycles. The van der Waals surface area contributed by atoms with Crippen LogP contribution in [0.25, 0.3) is 0 Å². The number of carbonyl (C=O) groups is 9. The minimum Gasteiger partial charge on any atom is -0.508 e. The van der Waals surface area contributed by atoms with Crippen molar-refractivity contribution < 1.29 is 53.4 Å². The van der Waals surface area contributed by atoms with Crippen molar-refractivity contribution in [2.24, 2.45) is 34.8 Å². The molecule has 0 radical (unpaired) electrons. The van der Waals surface area contributed by atoms with Gasteiger partial charge in [-0.2, -0.15) is 0 Å². The first-order valence-corrected chi connectivity index (χ1v) is 26.6. The number of rotatable bonds is 25. The van der Waals surface area contributed by atoms with E-state index < -0.39 is 108 Å². The Balaban J connectivity index is 2.70. The van der Waals surface area contributed by atoms with Crippen molar-refractivity contribution >= 4 is 53.2 Å². The zero-order chi connectivity index (χ0) is 56.0. The summed E-state index contributed by atoms with van der Waals surface area (Å²) in [5.74, 6) is -7.42. The van der Waals surface area contributed by atoms with E-state index in [0.29, 0.717) is 12.0 Å². The average molecular weight is 1060 g/mol. The second-order valence-corrected chi connectivity index (χ2v) is 20.1. The van der Waals surface area contributed by atoms with E-state index in [1.165, 1.54) is 24.3 Å². The minimum atomic E-state index is -1.49.